The van der Waals surface area contributed by atoms with Gasteiger partial charge in [0.15, 0.2) is 18.1 Å². The van der Waals surface area contributed by atoms with Gasteiger partial charge >= 0.3 is 0 Å². The van der Waals surface area contributed by atoms with Crippen molar-refractivity contribution < 1.29 is 19.1 Å². The van der Waals surface area contributed by atoms with Crippen molar-refractivity contribution in [1.82, 2.24) is 4.90 Å². The van der Waals surface area contributed by atoms with Gasteiger partial charge in [-0.2, -0.15) is 0 Å². The molecule has 0 aromatic heterocycles. The van der Waals surface area contributed by atoms with Gasteiger partial charge in [0.25, 0.3) is 11.8 Å². The molecule has 174 valence electrons. The van der Waals surface area contributed by atoms with Gasteiger partial charge in [0, 0.05) is 24.5 Å². The van der Waals surface area contributed by atoms with Gasteiger partial charge in [0.2, 0.25) is 0 Å². The van der Waals surface area contributed by atoms with Crippen molar-refractivity contribution in [1.29, 1.82) is 0 Å². The fourth-order valence-electron chi connectivity index (χ4n) is 4.51. The molecule has 0 spiro atoms. The van der Waals surface area contributed by atoms with Gasteiger partial charge in [-0.15, -0.1) is 0 Å². The van der Waals surface area contributed by atoms with E-state index in [9.17, 15) is 9.59 Å². The van der Waals surface area contributed by atoms with Gasteiger partial charge in [0.05, 0.1) is 12.7 Å². The highest BCUT2D eigenvalue weighted by molar-refractivity contribution is 6.12. The van der Waals surface area contributed by atoms with Crippen molar-refractivity contribution in [2.75, 3.05) is 37.0 Å². The summed E-state index contributed by atoms with van der Waals surface area (Å²) in [5, 5.41) is 3.50. The summed E-state index contributed by atoms with van der Waals surface area (Å²) < 4.78 is 11.4. The van der Waals surface area contributed by atoms with E-state index in [0.717, 1.165) is 42.9 Å². The third-order valence-electron chi connectivity index (χ3n) is 6.27. The minimum absolute atomic E-state index is 0.0185. The number of likely N-dealkylation sites (tertiary alicyclic amines) is 1. The van der Waals surface area contributed by atoms with Crippen molar-refractivity contribution in [2.45, 2.75) is 19.0 Å². The fraction of sp³-hybridized carbons (Fsp3) is 0.259. The molecule has 7 nitrogen and oxygen atoms in total. The van der Waals surface area contributed by atoms with Crippen LogP contribution in [0.5, 0.6) is 11.5 Å². The Morgan fingerprint density at radius 3 is 2.47 bits per heavy atom. The quantitative estimate of drug-likeness (QED) is 0.592. The van der Waals surface area contributed by atoms with Gasteiger partial charge in [0.1, 0.15) is 6.17 Å². The normalized spacial score (nSPS) is 17.2. The molecule has 3 aromatic carbocycles. The first-order chi connectivity index (χ1) is 16.7. The minimum atomic E-state index is -0.445. The second kappa shape index (κ2) is 9.47. The van der Waals surface area contributed by atoms with Gasteiger partial charge < -0.3 is 19.7 Å². The molecule has 34 heavy (non-hydrogen) atoms. The number of anilines is 2. The van der Waals surface area contributed by atoms with Gasteiger partial charge in [-0.3, -0.25) is 14.5 Å². The molecule has 0 saturated carbocycles. The highest BCUT2D eigenvalue weighted by atomic mass is 16.5. The summed E-state index contributed by atoms with van der Waals surface area (Å²) in [5.41, 5.74) is 3.02. The van der Waals surface area contributed by atoms with E-state index in [1.807, 2.05) is 71.6 Å². The molecule has 1 N–H and O–H groups in total. The van der Waals surface area contributed by atoms with E-state index in [1.165, 1.54) is 0 Å². The second-order valence-corrected chi connectivity index (χ2v) is 8.39. The van der Waals surface area contributed by atoms with Crippen LogP contribution < -0.4 is 19.7 Å². The van der Waals surface area contributed by atoms with E-state index >= 15 is 0 Å². The molecule has 2 aliphatic rings. The Morgan fingerprint density at radius 1 is 0.971 bits per heavy atom. The zero-order chi connectivity index (χ0) is 23.5. The molecule has 1 fully saturated rings. The molecule has 3 aromatic rings. The van der Waals surface area contributed by atoms with Gasteiger partial charge in [-0.05, 0) is 54.8 Å². The summed E-state index contributed by atoms with van der Waals surface area (Å²) in [6, 6.07) is 22.6. The third kappa shape index (κ3) is 4.17. The standard InChI is InChI=1S/C27H27N3O4/c1-33-24-17-19(13-14-23(24)34-18-25(31)29-15-7-8-16-29)26-28-22-12-6-5-11-21(22)27(32)30(26)20-9-3-2-4-10-20/h2-6,9-14,17,26,28H,7-8,15-16,18H2,1H3. The Morgan fingerprint density at radius 2 is 1.71 bits per heavy atom. The monoisotopic (exact) mass is 457 g/mol. The number of hydrogen-bond acceptors (Lipinski definition) is 5. The average molecular weight is 458 g/mol. The van der Waals surface area contributed by atoms with Crippen LogP contribution in [0.25, 0.3) is 0 Å². The summed E-state index contributed by atoms with van der Waals surface area (Å²) in [7, 11) is 1.57. The number of benzene rings is 3. The molecule has 0 bridgehead atoms. The van der Waals surface area contributed by atoms with Crippen LogP contribution in [-0.2, 0) is 4.79 Å². The summed E-state index contributed by atoms with van der Waals surface area (Å²) in [6.07, 6.45) is 1.63. The first-order valence-corrected chi connectivity index (χ1v) is 11.5. The van der Waals surface area contributed by atoms with E-state index in [0.29, 0.717) is 17.1 Å². The number of methoxy groups -OCH3 is 1. The Hall–Kier alpha value is -4.00. The second-order valence-electron chi connectivity index (χ2n) is 8.39. The van der Waals surface area contributed by atoms with E-state index in [1.54, 1.807) is 18.1 Å². The van der Waals surface area contributed by atoms with Crippen molar-refractivity contribution in [3.63, 3.8) is 0 Å². The Balaban J connectivity index is 1.45. The summed E-state index contributed by atoms with van der Waals surface area (Å²) in [6.45, 7) is 1.55. The van der Waals surface area contributed by atoms with Crippen LogP contribution in [0.4, 0.5) is 11.4 Å². The first kappa shape index (κ1) is 21.8. The van der Waals surface area contributed by atoms with Gasteiger partial charge in [-0.1, -0.05) is 36.4 Å². The lowest BCUT2D eigenvalue weighted by Crippen LogP contribution is -2.43. The zero-order valence-corrected chi connectivity index (χ0v) is 19.1. The Kier molecular flexibility index (Phi) is 6.08. The van der Waals surface area contributed by atoms with Crippen LogP contribution in [0.2, 0.25) is 0 Å². The number of hydrogen-bond donors (Lipinski definition) is 1. The van der Waals surface area contributed by atoms with Crippen LogP contribution >= 0.6 is 0 Å². The summed E-state index contributed by atoms with van der Waals surface area (Å²) >= 11 is 0. The van der Waals surface area contributed by atoms with E-state index in [4.69, 9.17) is 9.47 Å². The lowest BCUT2D eigenvalue weighted by Gasteiger charge is -2.38. The van der Waals surface area contributed by atoms with Crippen molar-refractivity contribution in [2.24, 2.45) is 0 Å². The zero-order valence-electron chi connectivity index (χ0n) is 19.1. The molecule has 2 amide bonds. The molecule has 7 heteroatoms. The van der Waals surface area contributed by atoms with Crippen LogP contribution in [-0.4, -0.2) is 43.5 Å². The molecule has 1 atom stereocenters. The van der Waals surface area contributed by atoms with E-state index in [-0.39, 0.29) is 18.4 Å². The number of carbonyl (C=O) groups is 2. The number of amides is 2. The molecule has 5 rings (SSSR count). The van der Waals surface area contributed by atoms with Gasteiger partial charge in [-0.25, -0.2) is 0 Å². The topological polar surface area (TPSA) is 71.1 Å². The summed E-state index contributed by atoms with van der Waals surface area (Å²) in [4.78, 5) is 29.5. The van der Waals surface area contributed by atoms with Crippen LogP contribution in [0.15, 0.2) is 72.8 Å². The van der Waals surface area contributed by atoms with Crippen LogP contribution in [0, 0.1) is 0 Å². The molecule has 0 aliphatic carbocycles. The number of fused-ring (bicyclic) bond motifs is 1. The van der Waals surface area contributed by atoms with Crippen LogP contribution in [0.1, 0.15) is 34.9 Å². The molecule has 1 saturated heterocycles. The lowest BCUT2D eigenvalue weighted by molar-refractivity contribution is -0.132. The first-order valence-electron chi connectivity index (χ1n) is 11.5. The van der Waals surface area contributed by atoms with Crippen molar-refractivity contribution in [3.8, 4) is 11.5 Å². The average Bonchev–Trinajstić information content (AvgIpc) is 3.43. The SMILES string of the molecule is COc1cc(C2Nc3ccccc3C(=O)N2c2ccccc2)ccc1OCC(=O)N1CCCC1. The predicted octanol–water partition coefficient (Wildman–Crippen LogP) is 4.47. The number of rotatable bonds is 6. The molecule has 0 radical (unpaired) electrons. The van der Waals surface area contributed by atoms with Crippen molar-refractivity contribution >= 4 is 23.2 Å². The third-order valence-corrected chi connectivity index (χ3v) is 6.27. The number of nitrogens with one attached hydrogen (secondary N) is 1. The predicted molar refractivity (Wildman–Crippen MR) is 130 cm³/mol. The maximum Gasteiger partial charge on any atom is 0.262 e. The number of para-hydroxylation sites is 2. The highest BCUT2D eigenvalue weighted by Gasteiger charge is 2.34. The molecule has 2 aliphatic heterocycles. The smallest absolute Gasteiger partial charge is 0.262 e. The highest BCUT2D eigenvalue weighted by Crippen LogP contribution is 2.39. The van der Waals surface area contributed by atoms with E-state index in [2.05, 4.69) is 5.32 Å². The lowest BCUT2D eigenvalue weighted by atomic mass is 10.0. The number of carbonyl (C=O) groups excluding carboxylic acids is 2. The van der Waals surface area contributed by atoms with Crippen LogP contribution in [0.3, 0.4) is 0 Å². The summed E-state index contributed by atoms with van der Waals surface area (Å²) in [5.74, 6) is 0.900. The minimum Gasteiger partial charge on any atom is -0.493 e. The van der Waals surface area contributed by atoms with E-state index < -0.39 is 6.17 Å². The largest absolute Gasteiger partial charge is 0.493 e. The Labute approximate surface area is 198 Å². The maximum atomic E-state index is 13.5. The molecular formula is C27H27N3O4. The Bertz CT molecular complexity index is 1190. The number of ether oxygens (including phenoxy) is 2. The molecular weight excluding hydrogens is 430 g/mol. The maximum absolute atomic E-state index is 13.5. The molecule has 2 heterocycles. The fourth-order valence-corrected chi connectivity index (χ4v) is 4.51. The van der Waals surface area contributed by atoms with Crippen molar-refractivity contribution in [3.05, 3.63) is 83.9 Å². The number of nitrogens with zero attached hydrogens (tertiary/aromatic N) is 2. The molecule has 1 unspecified atom stereocenters.